The molecule has 4 N–H and O–H groups in total. The van der Waals surface area contributed by atoms with E-state index in [0.717, 1.165) is 4.88 Å². The lowest BCUT2D eigenvalue weighted by Crippen LogP contribution is -2.20. The Kier molecular flexibility index (Phi) is 9.55. The number of nitriles is 1. The second-order valence-electron chi connectivity index (χ2n) is 7.47. The Hall–Kier alpha value is -1.98. The van der Waals surface area contributed by atoms with Crippen molar-refractivity contribution in [2.24, 2.45) is 11.8 Å². The van der Waals surface area contributed by atoms with Crippen LogP contribution in [0.4, 0.5) is 0 Å². The number of hydrogen-bond acceptors (Lipinski definition) is 6. The molecule has 1 aromatic rings. The van der Waals surface area contributed by atoms with Gasteiger partial charge in [0.1, 0.15) is 10.9 Å². The van der Waals surface area contributed by atoms with Gasteiger partial charge in [-0.2, -0.15) is 5.26 Å². The van der Waals surface area contributed by atoms with Gasteiger partial charge in [-0.3, -0.25) is 4.79 Å². The van der Waals surface area contributed by atoms with Crippen molar-refractivity contribution >= 4 is 17.3 Å². The molecule has 1 fully saturated rings. The lowest BCUT2D eigenvalue weighted by Gasteiger charge is -2.19. The van der Waals surface area contributed by atoms with Gasteiger partial charge in [0.2, 0.25) is 0 Å². The summed E-state index contributed by atoms with van der Waals surface area (Å²) in [6, 6.07) is 5.78. The number of carboxylic acid groups (broad SMARTS) is 1. The molecule has 0 radical (unpaired) electrons. The highest BCUT2D eigenvalue weighted by molar-refractivity contribution is 7.12. The molecule has 29 heavy (non-hydrogen) atoms. The van der Waals surface area contributed by atoms with Crippen molar-refractivity contribution in [1.82, 2.24) is 0 Å². The predicted molar refractivity (Wildman–Crippen MR) is 111 cm³/mol. The third kappa shape index (κ3) is 7.75. The molecule has 0 bridgehead atoms. The SMILES string of the molecule is N#Cc1ccc(CCC(O)C=C[C@H]2C(O)CC(O)[C@@H]2CC=CCCCC(=O)O)s1. The van der Waals surface area contributed by atoms with Crippen molar-refractivity contribution < 1.29 is 25.2 Å². The van der Waals surface area contributed by atoms with E-state index in [1.165, 1.54) is 11.3 Å². The minimum Gasteiger partial charge on any atom is -0.481 e. The molecule has 3 unspecified atom stereocenters. The van der Waals surface area contributed by atoms with Gasteiger partial charge in [-0.05, 0) is 50.2 Å². The van der Waals surface area contributed by atoms with Crippen molar-refractivity contribution in [3.63, 3.8) is 0 Å². The van der Waals surface area contributed by atoms with Gasteiger partial charge in [-0.25, -0.2) is 0 Å². The number of nitrogens with zero attached hydrogens (tertiary/aromatic N) is 1. The highest BCUT2D eigenvalue weighted by atomic mass is 32.1. The third-order valence-electron chi connectivity index (χ3n) is 5.27. The van der Waals surface area contributed by atoms with Gasteiger partial charge in [-0.1, -0.05) is 24.3 Å². The summed E-state index contributed by atoms with van der Waals surface area (Å²) in [5, 5.41) is 48.3. The van der Waals surface area contributed by atoms with Crippen LogP contribution in [-0.2, 0) is 11.2 Å². The summed E-state index contributed by atoms with van der Waals surface area (Å²) in [6.45, 7) is 0. The normalized spacial score (nSPS) is 25.6. The molecule has 158 valence electrons. The van der Waals surface area contributed by atoms with Gasteiger partial charge in [0.05, 0.1) is 18.3 Å². The van der Waals surface area contributed by atoms with Crippen LogP contribution in [0.5, 0.6) is 0 Å². The molecule has 0 spiro atoms. The standard InChI is InChI=1S/C22H29NO5S/c23-14-17-11-10-16(29-17)9-7-15(24)8-12-19-18(20(25)13-21(19)26)5-3-1-2-4-6-22(27)28/h1,3,8,10-12,15,18-21,24-26H,2,4-7,9,13H2,(H,27,28)/t15?,18-,19-,20?,21?/m1/s1. The molecular weight excluding hydrogens is 390 g/mol. The molecule has 6 nitrogen and oxygen atoms in total. The molecular formula is C22H29NO5S. The van der Waals surface area contributed by atoms with Crippen LogP contribution < -0.4 is 0 Å². The molecule has 5 atom stereocenters. The van der Waals surface area contributed by atoms with Crippen LogP contribution in [0.15, 0.2) is 36.4 Å². The molecule has 1 aliphatic carbocycles. The summed E-state index contributed by atoms with van der Waals surface area (Å²) in [6.07, 6.45) is 8.98. The van der Waals surface area contributed by atoms with Gasteiger partial charge >= 0.3 is 5.97 Å². The van der Waals surface area contributed by atoms with Crippen LogP contribution in [0.25, 0.3) is 0 Å². The number of carboxylic acids is 1. The van der Waals surface area contributed by atoms with E-state index in [0.29, 0.717) is 43.4 Å². The van der Waals surface area contributed by atoms with Crippen LogP contribution in [0, 0.1) is 23.2 Å². The predicted octanol–water partition coefficient (Wildman–Crippen LogP) is 3.03. The van der Waals surface area contributed by atoms with Crippen molar-refractivity contribution in [1.29, 1.82) is 5.26 Å². The van der Waals surface area contributed by atoms with Gasteiger partial charge in [-0.15, -0.1) is 11.3 Å². The number of rotatable bonds is 11. The van der Waals surface area contributed by atoms with E-state index in [4.69, 9.17) is 10.4 Å². The number of carbonyl (C=O) groups is 1. The van der Waals surface area contributed by atoms with Crippen molar-refractivity contribution in [2.75, 3.05) is 0 Å². The van der Waals surface area contributed by atoms with Gasteiger partial charge in [0.25, 0.3) is 0 Å². The molecule has 0 aliphatic heterocycles. The maximum atomic E-state index is 10.5. The Balaban J connectivity index is 1.82. The topological polar surface area (TPSA) is 122 Å². The molecule has 1 aromatic heterocycles. The van der Waals surface area contributed by atoms with Crippen molar-refractivity contribution in [2.45, 2.75) is 63.3 Å². The van der Waals surface area contributed by atoms with Crippen molar-refractivity contribution in [3.8, 4) is 6.07 Å². The number of aliphatic hydroxyl groups excluding tert-OH is 3. The minimum absolute atomic E-state index is 0.125. The van der Waals surface area contributed by atoms with E-state index < -0.39 is 24.3 Å². The highest BCUT2D eigenvalue weighted by Gasteiger charge is 2.39. The molecule has 7 heteroatoms. The second-order valence-corrected chi connectivity index (χ2v) is 8.64. The second kappa shape index (κ2) is 11.9. The minimum atomic E-state index is -0.805. The molecule has 0 saturated heterocycles. The monoisotopic (exact) mass is 419 g/mol. The smallest absolute Gasteiger partial charge is 0.303 e. The zero-order chi connectivity index (χ0) is 21.2. The Morgan fingerprint density at radius 1 is 1.31 bits per heavy atom. The molecule has 1 heterocycles. The summed E-state index contributed by atoms with van der Waals surface area (Å²) in [4.78, 5) is 12.2. The average Bonchev–Trinajstić information content (AvgIpc) is 3.25. The lowest BCUT2D eigenvalue weighted by molar-refractivity contribution is -0.137. The van der Waals surface area contributed by atoms with E-state index in [9.17, 15) is 20.1 Å². The number of allylic oxidation sites excluding steroid dienone is 2. The maximum absolute atomic E-state index is 10.5. The van der Waals surface area contributed by atoms with Crippen LogP contribution in [0.1, 0.15) is 48.3 Å². The first-order valence-corrected chi connectivity index (χ1v) is 10.8. The van der Waals surface area contributed by atoms with Gasteiger partial charge < -0.3 is 20.4 Å². The number of aliphatic carboxylic acids is 1. The Bertz CT molecular complexity index is 751. The number of aliphatic hydroxyl groups is 3. The lowest BCUT2D eigenvalue weighted by atomic mass is 9.89. The summed E-state index contributed by atoms with van der Waals surface area (Å²) in [5.41, 5.74) is 0. The number of unbranched alkanes of at least 4 members (excludes halogenated alkanes) is 1. The quantitative estimate of drug-likeness (QED) is 0.323. The van der Waals surface area contributed by atoms with Crippen LogP contribution in [-0.4, -0.2) is 44.7 Å². The molecule has 1 aliphatic rings. The zero-order valence-electron chi connectivity index (χ0n) is 16.4. The van der Waals surface area contributed by atoms with Gasteiger partial charge in [0, 0.05) is 23.6 Å². The summed E-state index contributed by atoms with van der Waals surface area (Å²) < 4.78 is 0. The maximum Gasteiger partial charge on any atom is 0.303 e. The van der Waals surface area contributed by atoms with Crippen LogP contribution >= 0.6 is 11.3 Å². The fourth-order valence-electron chi connectivity index (χ4n) is 3.66. The Morgan fingerprint density at radius 3 is 2.79 bits per heavy atom. The van der Waals surface area contributed by atoms with E-state index in [2.05, 4.69) is 6.07 Å². The molecule has 0 amide bonds. The fraction of sp³-hybridized carbons (Fsp3) is 0.545. The Morgan fingerprint density at radius 2 is 2.10 bits per heavy atom. The average molecular weight is 420 g/mol. The van der Waals surface area contributed by atoms with Crippen molar-refractivity contribution in [3.05, 3.63) is 46.2 Å². The largest absolute Gasteiger partial charge is 0.481 e. The summed E-state index contributed by atoms with van der Waals surface area (Å²) in [7, 11) is 0. The Labute approximate surface area is 175 Å². The molecule has 0 aromatic carbocycles. The zero-order valence-corrected chi connectivity index (χ0v) is 17.2. The first-order valence-electron chi connectivity index (χ1n) is 9.98. The first kappa shape index (κ1) is 23.3. The molecule has 1 saturated carbocycles. The van der Waals surface area contributed by atoms with E-state index in [1.807, 2.05) is 24.3 Å². The first-order chi connectivity index (χ1) is 13.9. The fourth-order valence-corrected chi connectivity index (χ4v) is 4.48. The summed E-state index contributed by atoms with van der Waals surface area (Å²) >= 11 is 1.43. The number of hydrogen-bond donors (Lipinski definition) is 4. The van der Waals surface area contributed by atoms with Crippen LogP contribution in [0.2, 0.25) is 0 Å². The third-order valence-corrected chi connectivity index (χ3v) is 6.32. The van der Waals surface area contributed by atoms with E-state index in [-0.39, 0.29) is 18.3 Å². The number of thiophene rings is 1. The van der Waals surface area contributed by atoms with E-state index in [1.54, 1.807) is 12.1 Å². The summed E-state index contributed by atoms with van der Waals surface area (Å²) in [5.74, 6) is -1.16. The van der Waals surface area contributed by atoms with Gasteiger partial charge in [0.15, 0.2) is 0 Å². The highest BCUT2D eigenvalue weighted by Crippen LogP contribution is 2.36. The number of aryl methyl sites for hydroxylation is 1. The molecule has 2 rings (SSSR count). The van der Waals surface area contributed by atoms with Crippen LogP contribution in [0.3, 0.4) is 0 Å². The van der Waals surface area contributed by atoms with E-state index >= 15 is 0 Å².